The second-order valence-electron chi connectivity index (χ2n) is 6.78. The lowest BCUT2D eigenvalue weighted by Gasteiger charge is -2.27. The quantitative estimate of drug-likeness (QED) is 0.818. The van der Waals surface area contributed by atoms with E-state index >= 15 is 0 Å². The Bertz CT molecular complexity index is 696. The summed E-state index contributed by atoms with van der Waals surface area (Å²) in [5.74, 6) is 0.286. The van der Waals surface area contributed by atoms with E-state index in [0.717, 1.165) is 37.9 Å². The normalized spacial score (nSPS) is 17.2. The van der Waals surface area contributed by atoms with Gasteiger partial charge in [0.25, 0.3) is 0 Å². The first kappa shape index (κ1) is 16.7. The van der Waals surface area contributed by atoms with Gasteiger partial charge in [0, 0.05) is 24.9 Å². The van der Waals surface area contributed by atoms with E-state index in [9.17, 15) is 4.79 Å². The van der Waals surface area contributed by atoms with Crippen molar-refractivity contribution in [3.8, 4) is 0 Å². The first-order valence-corrected chi connectivity index (χ1v) is 8.91. The lowest BCUT2D eigenvalue weighted by atomic mass is 9.97. The molecule has 3 rings (SSSR count). The molecule has 3 heteroatoms. The molecule has 0 saturated carbocycles. The number of likely N-dealkylation sites (tertiary alicyclic amines) is 1. The van der Waals surface area contributed by atoms with Crippen LogP contribution in [0.2, 0.25) is 0 Å². The smallest absolute Gasteiger partial charge is 0.223 e. The van der Waals surface area contributed by atoms with Crippen LogP contribution in [0.25, 0.3) is 0 Å². The molecule has 2 heterocycles. The van der Waals surface area contributed by atoms with Crippen molar-refractivity contribution in [1.29, 1.82) is 0 Å². The number of rotatable bonds is 5. The van der Waals surface area contributed by atoms with Crippen molar-refractivity contribution in [2.24, 2.45) is 0 Å². The summed E-state index contributed by atoms with van der Waals surface area (Å²) in [5.41, 5.74) is 4.95. The van der Waals surface area contributed by atoms with E-state index in [1.807, 2.05) is 24.4 Å². The highest BCUT2D eigenvalue weighted by Crippen LogP contribution is 2.34. The van der Waals surface area contributed by atoms with E-state index in [2.05, 4.69) is 41.9 Å². The van der Waals surface area contributed by atoms with E-state index in [1.54, 1.807) is 0 Å². The number of aromatic nitrogens is 1. The molecule has 3 nitrogen and oxygen atoms in total. The van der Waals surface area contributed by atoms with Gasteiger partial charge in [0.05, 0.1) is 6.04 Å². The van der Waals surface area contributed by atoms with Crippen LogP contribution in [0.3, 0.4) is 0 Å². The van der Waals surface area contributed by atoms with Crippen molar-refractivity contribution in [2.75, 3.05) is 6.54 Å². The summed E-state index contributed by atoms with van der Waals surface area (Å²) in [4.78, 5) is 19.2. The van der Waals surface area contributed by atoms with Gasteiger partial charge < -0.3 is 4.90 Å². The SMILES string of the molecule is Cc1ccc(C)c([C@H]2CCCN2C(=O)CCCc2ccccn2)c1. The van der Waals surface area contributed by atoms with E-state index in [-0.39, 0.29) is 11.9 Å². The number of amides is 1. The Hall–Kier alpha value is -2.16. The van der Waals surface area contributed by atoms with E-state index in [1.165, 1.54) is 16.7 Å². The summed E-state index contributed by atoms with van der Waals surface area (Å²) in [6.45, 7) is 5.16. The molecule has 24 heavy (non-hydrogen) atoms. The monoisotopic (exact) mass is 322 g/mol. The van der Waals surface area contributed by atoms with Gasteiger partial charge in [-0.3, -0.25) is 9.78 Å². The fourth-order valence-electron chi connectivity index (χ4n) is 3.62. The second kappa shape index (κ2) is 7.61. The zero-order chi connectivity index (χ0) is 16.9. The first-order valence-electron chi connectivity index (χ1n) is 8.91. The second-order valence-corrected chi connectivity index (χ2v) is 6.78. The largest absolute Gasteiger partial charge is 0.336 e. The first-order chi connectivity index (χ1) is 11.6. The number of benzene rings is 1. The molecular weight excluding hydrogens is 296 g/mol. The zero-order valence-electron chi connectivity index (χ0n) is 14.7. The van der Waals surface area contributed by atoms with E-state index in [0.29, 0.717) is 6.42 Å². The average molecular weight is 322 g/mol. The predicted molar refractivity (Wildman–Crippen MR) is 96.8 cm³/mol. The van der Waals surface area contributed by atoms with Gasteiger partial charge in [-0.15, -0.1) is 0 Å². The number of nitrogens with zero attached hydrogens (tertiary/aromatic N) is 2. The van der Waals surface area contributed by atoms with Crippen molar-refractivity contribution in [3.63, 3.8) is 0 Å². The van der Waals surface area contributed by atoms with Gasteiger partial charge in [-0.1, -0.05) is 29.8 Å². The molecule has 126 valence electrons. The van der Waals surface area contributed by atoms with Crippen LogP contribution in [0.15, 0.2) is 42.6 Å². The van der Waals surface area contributed by atoms with E-state index in [4.69, 9.17) is 0 Å². The summed E-state index contributed by atoms with van der Waals surface area (Å²) in [6, 6.07) is 12.8. The minimum atomic E-state index is 0.257. The van der Waals surface area contributed by atoms with Crippen LogP contribution in [0.4, 0.5) is 0 Å². The van der Waals surface area contributed by atoms with Gasteiger partial charge in [0.1, 0.15) is 0 Å². The molecule has 0 unspecified atom stereocenters. The van der Waals surface area contributed by atoms with Crippen LogP contribution in [0.5, 0.6) is 0 Å². The highest BCUT2D eigenvalue weighted by Gasteiger charge is 2.30. The maximum atomic E-state index is 12.7. The molecule has 1 fully saturated rings. The third-order valence-electron chi connectivity index (χ3n) is 4.92. The molecule has 1 aliphatic heterocycles. The van der Waals surface area contributed by atoms with E-state index < -0.39 is 0 Å². The number of carbonyl (C=O) groups is 1. The minimum absolute atomic E-state index is 0.257. The van der Waals surface area contributed by atoms with Gasteiger partial charge in [-0.25, -0.2) is 0 Å². The van der Waals surface area contributed by atoms with Crippen molar-refractivity contribution >= 4 is 5.91 Å². The lowest BCUT2D eigenvalue weighted by molar-refractivity contribution is -0.132. The van der Waals surface area contributed by atoms with Gasteiger partial charge in [0.15, 0.2) is 0 Å². The van der Waals surface area contributed by atoms with Gasteiger partial charge >= 0.3 is 0 Å². The number of pyridine rings is 1. The highest BCUT2D eigenvalue weighted by molar-refractivity contribution is 5.77. The third-order valence-corrected chi connectivity index (χ3v) is 4.92. The molecule has 1 aliphatic rings. The highest BCUT2D eigenvalue weighted by atomic mass is 16.2. The lowest BCUT2D eigenvalue weighted by Crippen LogP contribution is -2.30. The molecular formula is C21H26N2O. The fraction of sp³-hybridized carbons (Fsp3) is 0.429. The molecule has 0 aliphatic carbocycles. The molecule has 1 aromatic heterocycles. The maximum absolute atomic E-state index is 12.7. The Labute approximate surface area is 144 Å². The number of hydrogen-bond donors (Lipinski definition) is 0. The summed E-state index contributed by atoms with van der Waals surface area (Å²) in [5, 5.41) is 0. The Morgan fingerprint density at radius 2 is 2.12 bits per heavy atom. The Morgan fingerprint density at radius 1 is 1.25 bits per heavy atom. The zero-order valence-corrected chi connectivity index (χ0v) is 14.7. The van der Waals surface area contributed by atoms with Crippen molar-refractivity contribution in [1.82, 2.24) is 9.88 Å². The number of hydrogen-bond acceptors (Lipinski definition) is 2. The molecule has 0 bridgehead atoms. The molecule has 0 radical (unpaired) electrons. The average Bonchev–Trinajstić information content (AvgIpc) is 3.07. The van der Waals surface area contributed by atoms with Gasteiger partial charge in [-0.2, -0.15) is 0 Å². The van der Waals surface area contributed by atoms with Crippen molar-refractivity contribution < 1.29 is 4.79 Å². The van der Waals surface area contributed by atoms with Crippen LogP contribution in [0, 0.1) is 13.8 Å². The van der Waals surface area contributed by atoms with Gasteiger partial charge in [0.2, 0.25) is 5.91 Å². The van der Waals surface area contributed by atoms with Crippen LogP contribution in [0.1, 0.15) is 54.1 Å². The van der Waals surface area contributed by atoms with Crippen LogP contribution in [-0.4, -0.2) is 22.3 Å². The van der Waals surface area contributed by atoms with Crippen LogP contribution < -0.4 is 0 Å². The Morgan fingerprint density at radius 3 is 2.92 bits per heavy atom. The number of carbonyl (C=O) groups excluding carboxylic acids is 1. The van der Waals surface area contributed by atoms with Crippen LogP contribution >= 0.6 is 0 Å². The van der Waals surface area contributed by atoms with Gasteiger partial charge in [-0.05, 0) is 62.8 Å². The van der Waals surface area contributed by atoms with Crippen LogP contribution in [-0.2, 0) is 11.2 Å². The topological polar surface area (TPSA) is 33.2 Å². The predicted octanol–water partition coefficient (Wildman–Crippen LogP) is 4.38. The summed E-state index contributed by atoms with van der Waals surface area (Å²) in [7, 11) is 0. The molecule has 1 amide bonds. The number of aryl methyl sites for hydroxylation is 3. The molecule has 0 N–H and O–H groups in total. The maximum Gasteiger partial charge on any atom is 0.223 e. The molecule has 1 saturated heterocycles. The summed E-state index contributed by atoms with van der Waals surface area (Å²) >= 11 is 0. The Balaban J connectivity index is 1.62. The molecule has 1 atom stereocenters. The summed E-state index contributed by atoms with van der Waals surface area (Å²) in [6.07, 6.45) is 6.34. The minimum Gasteiger partial charge on any atom is -0.336 e. The summed E-state index contributed by atoms with van der Waals surface area (Å²) < 4.78 is 0. The van der Waals surface area contributed by atoms with Crippen molar-refractivity contribution in [2.45, 2.75) is 52.0 Å². The molecule has 1 aromatic carbocycles. The Kier molecular flexibility index (Phi) is 5.29. The fourth-order valence-corrected chi connectivity index (χ4v) is 3.62. The molecule has 0 spiro atoms. The molecule has 2 aromatic rings. The third kappa shape index (κ3) is 3.84. The standard InChI is InChI=1S/C21H26N2O/c1-16-11-12-17(2)19(15-16)20-9-6-14-23(20)21(24)10-5-8-18-7-3-4-13-22-18/h3-4,7,11-13,15,20H,5-6,8-10,14H2,1-2H3/t20-/m1/s1. The van der Waals surface area contributed by atoms with Crippen molar-refractivity contribution in [3.05, 3.63) is 65.0 Å².